The van der Waals surface area contributed by atoms with Gasteiger partial charge in [-0.3, -0.25) is 4.79 Å². The molecule has 0 heterocycles. The molecule has 0 aromatic heterocycles. The van der Waals surface area contributed by atoms with Gasteiger partial charge in [-0.15, -0.1) is 0 Å². The maximum Gasteiger partial charge on any atom is 0.254 e. The Kier molecular flexibility index (Phi) is 3.80. The van der Waals surface area contributed by atoms with E-state index in [-0.39, 0.29) is 5.56 Å². The third-order valence-corrected chi connectivity index (χ3v) is 2.81. The molecular weight excluding hydrogens is 243 g/mol. The van der Waals surface area contributed by atoms with Gasteiger partial charge in [0.1, 0.15) is 5.82 Å². The zero-order valence-corrected chi connectivity index (χ0v) is 10.6. The van der Waals surface area contributed by atoms with E-state index in [1.807, 2.05) is 31.2 Å². The number of halogens is 1. The minimum atomic E-state index is -0.610. The van der Waals surface area contributed by atoms with Crippen LogP contribution in [0, 0.1) is 12.7 Å². The third kappa shape index (κ3) is 3.31. The van der Waals surface area contributed by atoms with Crippen molar-refractivity contribution in [1.82, 2.24) is 5.32 Å². The van der Waals surface area contributed by atoms with Crippen LogP contribution in [0.15, 0.2) is 42.5 Å². The topological polar surface area (TPSA) is 55.1 Å². The molecule has 3 N–H and O–H groups in total. The van der Waals surface area contributed by atoms with Gasteiger partial charge in [-0.05, 0) is 30.7 Å². The molecule has 0 aliphatic carbocycles. The van der Waals surface area contributed by atoms with Gasteiger partial charge >= 0.3 is 0 Å². The standard InChI is InChI=1S/C15H15FN2O/c1-10-2-4-11(5-3-10)9-18-15(19)13-7-6-12(17)8-14(13)16/h2-8H,9,17H2,1H3,(H,18,19). The fourth-order valence-electron chi connectivity index (χ4n) is 1.70. The van der Waals surface area contributed by atoms with E-state index in [0.717, 1.165) is 17.2 Å². The summed E-state index contributed by atoms with van der Waals surface area (Å²) in [7, 11) is 0. The van der Waals surface area contributed by atoms with Crippen molar-refractivity contribution in [3.63, 3.8) is 0 Å². The molecule has 3 nitrogen and oxygen atoms in total. The lowest BCUT2D eigenvalue weighted by Gasteiger charge is -2.07. The van der Waals surface area contributed by atoms with Crippen molar-refractivity contribution in [2.45, 2.75) is 13.5 Å². The number of anilines is 1. The van der Waals surface area contributed by atoms with Crippen molar-refractivity contribution in [2.24, 2.45) is 0 Å². The minimum absolute atomic E-state index is 0.00121. The lowest BCUT2D eigenvalue weighted by molar-refractivity contribution is 0.0947. The van der Waals surface area contributed by atoms with Gasteiger partial charge in [0.2, 0.25) is 0 Å². The Hall–Kier alpha value is -2.36. The first kappa shape index (κ1) is 13.1. The number of carbonyl (C=O) groups is 1. The summed E-state index contributed by atoms with van der Waals surface area (Å²) >= 11 is 0. The number of nitrogens with one attached hydrogen (secondary N) is 1. The summed E-state index contributed by atoms with van der Waals surface area (Å²) < 4.78 is 13.5. The van der Waals surface area contributed by atoms with Crippen LogP contribution >= 0.6 is 0 Å². The number of hydrogen-bond donors (Lipinski definition) is 2. The molecule has 0 saturated carbocycles. The van der Waals surface area contributed by atoms with E-state index in [9.17, 15) is 9.18 Å². The molecule has 19 heavy (non-hydrogen) atoms. The molecule has 0 radical (unpaired) electrons. The Morgan fingerprint density at radius 1 is 1.21 bits per heavy atom. The molecular formula is C15H15FN2O. The first-order valence-corrected chi connectivity index (χ1v) is 5.95. The maximum atomic E-state index is 13.5. The second-order valence-electron chi connectivity index (χ2n) is 4.41. The highest BCUT2D eigenvalue weighted by Crippen LogP contribution is 2.12. The van der Waals surface area contributed by atoms with Gasteiger partial charge in [0.25, 0.3) is 5.91 Å². The first-order valence-electron chi connectivity index (χ1n) is 5.95. The number of hydrogen-bond acceptors (Lipinski definition) is 2. The molecule has 0 saturated heterocycles. The molecule has 98 valence electrons. The van der Waals surface area contributed by atoms with Crippen molar-refractivity contribution in [3.8, 4) is 0 Å². The normalized spacial score (nSPS) is 10.2. The molecule has 1 amide bonds. The number of rotatable bonds is 3. The second kappa shape index (κ2) is 5.52. The number of amides is 1. The van der Waals surface area contributed by atoms with Gasteiger partial charge in [0, 0.05) is 12.2 Å². The van der Waals surface area contributed by atoms with Crippen molar-refractivity contribution in [2.75, 3.05) is 5.73 Å². The van der Waals surface area contributed by atoms with E-state index in [2.05, 4.69) is 5.32 Å². The van der Waals surface area contributed by atoms with Crippen LogP contribution in [0.2, 0.25) is 0 Å². The van der Waals surface area contributed by atoms with Crippen LogP contribution in [0.3, 0.4) is 0 Å². The Morgan fingerprint density at radius 3 is 2.53 bits per heavy atom. The third-order valence-electron chi connectivity index (χ3n) is 2.81. The zero-order chi connectivity index (χ0) is 13.8. The van der Waals surface area contributed by atoms with Crippen LogP contribution in [0.25, 0.3) is 0 Å². The SMILES string of the molecule is Cc1ccc(CNC(=O)c2ccc(N)cc2F)cc1. The summed E-state index contributed by atoms with van der Waals surface area (Å²) in [6.07, 6.45) is 0. The summed E-state index contributed by atoms with van der Waals surface area (Å²) in [4.78, 5) is 11.8. The van der Waals surface area contributed by atoms with Crippen molar-refractivity contribution >= 4 is 11.6 Å². The number of aryl methyl sites for hydroxylation is 1. The average Bonchev–Trinajstić information content (AvgIpc) is 2.37. The lowest BCUT2D eigenvalue weighted by Crippen LogP contribution is -2.23. The quantitative estimate of drug-likeness (QED) is 0.831. The molecule has 4 heteroatoms. The van der Waals surface area contributed by atoms with Crippen LogP contribution in [0.5, 0.6) is 0 Å². The molecule has 0 bridgehead atoms. The zero-order valence-electron chi connectivity index (χ0n) is 10.6. The van der Waals surface area contributed by atoms with E-state index in [1.54, 1.807) is 0 Å². The predicted octanol–water partition coefficient (Wildman–Crippen LogP) is 2.65. The Bertz CT molecular complexity index is 594. The van der Waals surface area contributed by atoms with Gasteiger partial charge in [0.15, 0.2) is 0 Å². The molecule has 2 rings (SSSR count). The molecule has 2 aromatic carbocycles. The van der Waals surface area contributed by atoms with E-state index in [1.165, 1.54) is 12.1 Å². The second-order valence-corrected chi connectivity index (χ2v) is 4.41. The largest absolute Gasteiger partial charge is 0.399 e. The average molecular weight is 258 g/mol. The van der Waals surface area contributed by atoms with Gasteiger partial charge in [0.05, 0.1) is 5.56 Å². The lowest BCUT2D eigenvalue weighted by atomic mass is 10.1. The summed E-state index contributed by atoms with van der Waals surface area (Å²) in [5.74, 6) is -1.06. The van der Waals surface area contributed by atoms with Crippen LogP contribution in [0.4, 0.5) is 10.1 Å². The van der Waals surface area contributed by atoms with E-state index in [0.29, 0.717) is 12.2 Å². The van der Waals surface area contributed by atoms with E-state index < -0.39 is 11.7 Å². The fourth-order valence-corrected chi connectivity index (χ4v) is 1.70. The number of carbonyl (C=O) groups excluding carboxylic acids is 1. The highest BCUT2D eigenvalue weighted by atomic mass is 19.1. The number of nitrogen functional groups attached to an aromatic ring is 1. The molecule has 2 aromatic rings. The Morgan fingerprint density at radius 2 is 1.89 bits per heavy atom. The molecule has 0 spiro atoms. The summed E-state index contributed by atoms with van der Waals surface area (Å²) in [6.45, 7) is 2.36. The van der Waals surface area contributed by atoms with Crippen molar-refractivity contribution in [1.29, 1.82) is 0 Å². The Balaban J connectivity index is 2.03. The van der Waals surface area contributed by atoms with Crippen LogP contribution < -0.4 is 11.1 Å². The number of benzene rings is 2. The molecule has 0 atom stereocenters. The van der Waals surface area contributed by atoms with Gasteiger partial charge in [-0.2, -0.15) is 0 Å². The summed E-state index contributed by atoms with van der Waals surface area (Å²) in [5.41, 5.74) is 7.85. The minimum Gasteiger partial charge on any atom is -0.399 e. The highest BCUT2D eigenvalue weighted by Gasteiger charge is 2.11. The smallest absolute Gasteiger partial charge is 0.254 e. The van der Waals surface area contributed by atoms with E-state index >= 15 is 0 Å². The van der Waals surface area contributed by atoms with Crippen LogP contribution in [0.1, 0.15) is 21.5 Å². The van der Waals surface area contributed by atoms with Crippen LogP contribution in [-0.2, 0) is 6.54 Å². The molecule has 0 aliphatic rings. The summed E-state index contributed by atoms with van der Waals surface area (Å²) in [5, 5.41) is 2.68. The van der Waals surface area contributed by atoms with Crippen LogP contribution in [-0.4, -0.2) is 5.91 Å². The first-order chi connectivity index (χ1) is 9.06. The molecule has 0 fully saturated rings. The van der Waals surface area contributed by atoms with Gasteiger partial charge in [-0.1, -0.05) is 29.8 Å². The summed E-state index contributed by atoms with van der Waals surface area (Å²) in [6, 6.07) is 11.8. The highest BCUT2D eigenvalue weighted by molar-refractivity contribution is 5.94. The van der Waals surface area contributed by atoms with Gasteiger partial charge in [-0.25, -0.2) is 4.39 Å². The van der Waals surface area contributed by atoms with Crippen molar-refractivity contribution < 1.29 is 9.18 Å². The van der Waals surface area contributed by atoms with Gasteiger partial charge < -0.3 is 11.1 Å². The van der Waals surface area contributed by atoms with E-state index in [4.69, 9.17) is 5.73 Å². The monoisotopic (exact) mass is 258 g/mol. The number of nitrogens with two attached hydrogens (primary N) is 1. The molecule has 0 aliphatic heterocycles. The Labute approximate surface area is 111 Å². The fraction of sp³-hybridized carbons (Fsp3) is 0.133. The predicted molar refractivity (Wildman–Crippen MR) is 73.2 cm³/mol. The van der Waals surface area contributed by atoms with Crippen molar-refractivity contribution in [3.05, 3.63) is 65.0 Å². The molecule has 0 unspecified atom stereocenters. The maximum absolute atomic E-state index is 13.5.